The van der Waals surface area contributed by atoms with E-state index < -0.39 is 29.7 Å². The van der Waals surface area contributed by atoms with Gasteiger partial charge in [-0.15, -0.1) is 0 Å². The summed E-state index contributed by atoms with van der Waals surface area (Å²) in [6.07, 6.45) is 1.14. The molecule has 1 unspecified atom stereocenters. The molecule has 1 aromatic rings. The fraction of sp³-hybridized carbons (Fsp3) is 0.308. The van der Waals surface area contributed by atoms with Crippen LogP contribution in [0.5, 0.6) is 5.75 Å². The van der Waals surface area contributed by atoms with Crippen molar-refractivity contribution in [2.45, 2.75) is 18.9 Å². The van der Waals surface area contributed by atoms with Crippen molar-refractivity contribution in [2.24, 2.45) is 5.73 Å². The van der Waals surface area contributed by atoms with E-state index in [2.05, 4.69) is 5.32 Å². The number of likely N-dealkylation sites (tertiary alicyclic amines) is 1. The van der Waals surface area contributed by atoms with E-state index in [4.69, 9.17) is 10.8 Å². The average molecular weight is 293 g/mol. The molecule has 0 radical (unpaired) electrons. The zero-order valence-electron chi connectivity index (χ0n) is 11.1. The largest absolute Gasteiger partial charge is 0.505 e. The summed E-state index contributed by atoms with van der Waals surface area (Å²) in [5.74, 6) is -2.43. The normalized spacial score (nSPS) is 17.5. The Hall–Kier alpha value is -2.77. The summed E-state index contributed by atoms with van der Waals surface area (Å²) in [6.45, 7) is 0.374. The molecule has 1 heterocycles. The van der Waals surface area contributed by atoms with Crippen molar-refractivity contribution >= 4 is 23.6 Å². The molecular formula is C13H15N3O5. The number of aromatic carboxylic acids is 1. The van der Waals surface area contributed by atoms with Crippen LogP contribution in [-0.4, -0.2) is 45.6 Å². The number of hydrogen-bond donors (Lipinski definition) is 4. The number of nitrogens with two attached hydrogens (primary N) is 1. The number of carbonyl (C=O) groups excluding carboxylic acids is 2. The van der Waals surface area contributed by atoms with Crippen LogP contribution >= 0.6 is 0 Å². The van der Waals surface area contributed by atoms with Crippen molar-refractivity contribution < 1.29 is 24.6 Å². The minimum absolute atomic E-state index is 0.0324. The SMILES string of the molecule is NC(=O)C1CCCN1C(=O)Nc1cccc(C(=O)O)c1O. The molecule has 1 fully saturated rings. The molecule has 2 rings (SSSR count). The molecule has 1 atom stereocenters. The standard InChI is InChI=1S/C13H15N3O5/c14-11(18)9-5-2-6-16(9)13(21)15-8-4-1-3-7(10(8)17)12(19)20/h1,3-4,9,17H,2,5-6H2,(H2,14,18)(H,15,21)(H,19,20). The molecule has 1 aromatic carbocycles. The summed E-state index contributed by atoms with van der Waals surface area (Å²) < 4.78 is 0. The first-order valence-electron chi connectivity index (χ1n) is 6.34. The Morgan fingerprint density at radius 1 is 1.33 bits per heavy atom. The van der Waals surface area contributed by atoms with E-state index in [9.17, 15) is 19.5 Å². The van der Waals surface area contributed by atoms with Gasteiger partial charge in [-0.05, 0) is 25.0 Å². The Balaban J connectivity index is 2.18. The van der Waals surface area contributed by atoms with Crippen LogP contribution in [0.15, 0.2) is 18.2 Å². The zero-order valence-corrected chi connectivity index (χ0v) is 11.1. The van der Waals surface area contributed by atoms with Crippen molar-refractivity contribution in [1.82, 2.24) is 4.90 Å². The number of rotatable bonds is 3. The molecule has 1 aliphatic rings. The summed E-state index contributed by atoms with van der Waals surface area (Å²) in [6, 6.07) is 2.70. The minimum Gasteiger partial charge on any atom is -0.505 e. The number of primary amides is 1. The maximum atomic E-state index is 12.1. The molecule has 0 spiro atoms. The molecule has 5 N–H and O–H groups in total. The molecule has 3 amide bonds. The van der Waals surface area contributed by atoms with Gasteiger partial charge in [0.15, 0.2) is 5.75 Å². The number of para-hydroxylation sites is 1. The van der Waals surface area contributed by atoms with Gasteiger partial charge in [0.25, 0.3) is 0 Å². The fourth-order valence-corrected chi connectivity index (χ4v) is 2.31. The van der Waals surface area contributed by atoms with E-state index >= 15 is 0 Å². The molecule has 8 heteroatoms. The van der Waals surface area contributed by atoms with Crippen LogP contribution in [0.4, 0.5) is 10.5 Å². The van der Waals surface area contributed by atoms with Gasteiger partial charge in [-0.1, -0.05) is 6.07 Å². The first-order valence-corrected chi connectivity index (χ1v) is 6.34. The van der Waals surface area contributed by atoms with E-state index in [0.717, 1.165) is 0 Å². The summed E-state index contributed by atoms with van der Waals surface area (Å²) in [5.41, 5.74) is 4.87. The second kappa shape index (κ2) is 5.70. The van der Waals surface area contributed by atoms with Crippen LogP contribution in [0, 0.1) is 0 Å². The van der Waals surface area contributed by atoms with E-state index in [1.54, 1.807) is 0 Å². The molecule has 1 aliphatic heterocycles. The van der Waals surface area contributed by atoms with Gasteiger partial charge in [-0.2, -0.15) is 0 Å². The lowest BCUT2D eigenvalue weighted by Crippen LogP contribution is -2.45. The van der Waals surface area contributed by atoms with Crippen molar-refractivity contribution in [3.63, 3.8) is 0 Å². The number of anilines is 1. The quantitative estimate of drug-likeness (QED) is 0.605. The number of aromatic hydroxyl groups is 1. The van der Waals surface area contributed by atoms with Gasteiger partial charge in [-0.3, -0.25) is 4.79 Å². The lowest BCUT2D eigenvalue weighted by atomic mass is 10.1. The van der Waals surface area contributed by atoms with E-state index in [0.29, 0.717) is 19.4 Å². The van der Waals surface area contributed by atoms with E-state index in [-0.39, 0.29) is 11.3 Å². The molecule has 0 saturated carbocycles. The van der Waals surface area contributed by atoms with Gasteiger partial charge in [-0.25, -0.2) is 9.59 Å². The van der Waals surface area contributed by atoms with E-state index in [1.165, 1.54) is 23.1 Å². The number of carboxylic acids is 1. The summed E-state index contributed by atoms with van der Waals surface area (Å²) in [7, 11) is 0. The molecule has 21 heavy (non-hydrogen) atoms. The highest BCUT2D eigenvalue weighted by Crippen LogP contribution is 2.28. The highest BCUT2D eigenvalue weighted by atomic mass is 16.4. The molecular weight excluding hydrogens is 278 g/mol. The first kappa shape index (κ1) is 14.6. The summed E-state index contributed by atoms with van der Waals surface area (Å²) >= 11 is 0. The maximum Gasteiger partial charge on any atom is 0.339 e. The number of urea groups is 1. The van der Waals surface area contributed by atoms with Gasteiger partial charge in [0, 0.05) is 6.54 Å². The van der Waals surface area contributed by atoms with Crippen LogP contribution < -0.4 is 11.1 Å². The second-order valence-electron chi connectivity index (χ2n) is 4.69. The monoisotopic (exact) mass is 293 g/mol. The number of phenols is 1. The number of amides is 3. The number of carboxylic acid groups (broad SMARTS) is 1. The number of carbonyl (C=O) groups is 3. The smallest absolute Gasteiger partial charge is 0.339 e. The third-order valence-electron chi connectivity index (χ3n) is 3.35. The van der Waals surface area contributed by atoms with E-state index in [1.807, 2.05) is 0 Å². The van der Waals surface area contributed by atoms with Crippen molar-refractivity contribution in [1.29, 1.82) is 0 Å². The zero-order chi connectivity index (χ0) is 15.6. The Kier molecular flexibility index (Phi) is 3.97. The lowest BCUT2D eigenvalue weighted by molar-refractivity contribution is -0.121. The Bertz CT molecular complexity index is 601. The van der Waals surface area contributed by atoms with Gasteiger partial charge in [0.1, 0.15) is 11.6 Å². The Morgan fingerprint density at radius 3 is 2.67 bits per heavy atom. The number of nitrogens with one attached hydrogen (secondary N) is 1. The first-order chi connectivity index (χ1) is 9.91. The lowest BCUT2D eigenvalue weighted by Gasteiger charge is -2.22. The van der Waals surface area contributed by atoms with Crippen LogP contribution in [0.3, 0.4) is 0 Å². The number of nitrogens with zero attached hydrogens (tertiary/aromatic N) is 1. The Morgan fingerprint density at radius 2 is 2.05 bits per heavy atom. The molecule has 8 nitrogen and oxygen atoms in total. The Labute approximate surface area is 120 Å². The molecule has 1 saturated heterocycles. The molecule has 0 aromatic heterocycles. The van der Waals surface area contributed by atoms with Gasteiger partial charge in [0.2, 0.25) is 5.91 Å². The van der Waals surface area contributed by atoms with Crippen molar-refractivity contribution in [2.75, 3.05) is 11.9 Å². The van der Waals surface area contributed by atoms with Crippen LogP contribution in [0.25, 0.3) is 0 Å². The average Bonchev–Trinajstić information content (AvgIpc) is 2.90. The number of benzene rings is 1. The van der Waals surface area contributed by atoms with Crippen LogP contribution in [0.1, 0.15) is 23.2 Å². The topological polar surface area (TPSA) is 133 Å². The van der Waals surface area contributed by atoms with Gasteiger partial charge in [0.05, 0.1) is 5.69 Å². The molecule has 0 bridgehead atoms. The van der Waals surface area contributed by atoms with Crippen molar-refractivity contribution in [3.8, 4) is 5.75 Å². The third-order valence-corrected chi connectivity index (χ3v) is 3.35. The summed E-state index contributed by atoms with van der Waals surface area (Å²) in [5, 5.41) is 21.1. The van der Waals surface area contributed by atoms with Crippen molar-refractivity contribution in [3.05, 3.63) is 23.8 Å². The van der Waals surface area contributed by atoms with Crippen LogP contribution in [-0.2, 0) is 4.79 Å². The highest BCUT2D eigenvalue weighted by Gasteiger charge is 2.33. The van der Waals surface area contributed by atoms with Gasteiger partial charge >= 0.3 is 12.0 Å². The second-order valence-corrected chi connectivity index (χ2v) is 4.69. The van der Waals surface area contributed by atoms with Gasteiger partial charge < -0.3 is 26.2 Å². The molecule has 112 valence electrons. The maximum absolute atomic E-state index is 12.1. The fourth-order valence-electron chi connectivity index (χ4n) is 2.31. The highest BCUT2D eigenvalue weighted by molar-refractivity contribution is 5.98. The number of hydrogen-bond acceptors (Lipinski definition) is 4. The predicted molar refractivity (Wildman–Crippen MR) is 73.0 cm³/mol. The third kappa shape index (κ3) is 2.88. The molecule has 0 aliphatic carbocycles. The minimum atomic E-state index is -1.31. The van der Waals surface area contributed by atoms with Crippen LogP contribution in [0.2, 0.25) is 0 Å². The summed E-state index contributed by atoms with van der Waals surface area (Å²) in [4.78, 5) is 35.6. The predicted octanol–water partition coefficient (Wildman–Crippen LogP) is 0.572.